The Labute approximate surface area is 131 Å². The summed E-state index contributed by atoms with van der Waals surface area (Å²) < 4.78 is 18.9. The summed E-state index contributed by atoms with van der Waals surface area (Å²) in [6, 6.07) is 6.44. The molecule has 0 bridgehead atoms. The van der Waals surface area contributed by atoms with Gasteiger partial charge in [0.05, 0.1) is 0 Å². The minimum atomic E-state index is -0.333. The molecule has 2 amide bonds. The van der Waals surface area contributed by atoms with Crippen LogP contribution in [0.2, 0.25) is 0 Å². The number of nitrogens with zero attached hydrogens (tertiary/aromatic N) is 2. The van der Waals surface area contributed by atoms with Crippen LogP contribution in [0, 0.1) is 5.82 Å². The van der Waals surface area contributed by atoms with Gasteiger partial charge in [0.1, 0.15) is 6.61 Å². The number of benzene rings is 1. The van der Waals surface area contributed by atoms with E-state index in [0.29, 0.717) is 12.4 Å². The number of rotatable bonds is 6. The minimum Gasteiger partial charge on any atom is -0.489 e. The Morgan fingerprint density at radius 1 is 1.27 bits per heavy atom. The van der Waals surface area contributed by atoms with Crippen molar-refractivity contribution >= 4 is 6.03 Å². The molecule has 6 heteroatoms. The highest BCUT2D eigenvalue weighted by atomic mass is 19.1. The van der Waals surface area contributed by atoms with Gasteiger partial charge in [-0.1, -0.05) is 19.1 Å². The van der Waals surface area contributed by atoms with E-state index in [1.165, 1.54) is 6.07 Å². The van der Waals surface area contributed by atoms with Crippen molar-refractivity contribution < 1.29 is 13.9 Å². The first-order chi connectivity index (χ1) is 10.7. The molecule has 22 heavy (non-hydrogen) atoms. The number of piperazine rings is 1. The van der Waals surface area contributed by atoms with Gasteiger partial charge < -0.3 is 15.0 Å². The van der Waals surface area contributed by atoms with Crippen LogP contribution in [0.5, 0.6) is 5.75 Å². The van der Waals surface area contributed by atoms with Crippen molar-refractivity contribution in [1.82, 2.24) is 15.1 Å². The third-order valence-electron chi connectivity index (χ3n) is 3.69. The highest BCUT2D eigenvalue weighted by molar-refractivity contribution is 5.74. The summed E-state index contributed by atoms with van der Waals surface area (Å²) in [5.41, 5.74) is 0. The van der Waals surface area contributed by atoms with Gasteiger partial charge in [0, 0.05) is 39.3 Å². The molecule has 1 saturated heterocycles. The van der Waals surface area contributed by atoms with E-state index in [9.17, 15) is 9.18 Å². The van der Waals surface area contributed by atoms with Crippen LogP contribution < -0.4 is 10.1 Å². The van der Waals surface area contributed by atoms with E-state index in [-0.39, 0.29) is 11.8 Å². The molecule has 0 unspecified atom stereocenters. The Balaban J connectivity index is 1.65. The second-order valence-electron chi connectivity index (χ2n) is 5.34. The van der Waals surface area contributed by atoms with Crippen LogP contribution in [-0.2, 0) is 0 Å². The topological polar surface area (TPSA) is 44.8 Å². The summed E-state index contributed by atoms with van der Waals surface area (Å²) in [5.74, 6) is -0.0417. The molecule has 1 aromatic rings. The maximum absolute atomic E-state index is 13.4. The Bertz CT molecular complexity index is 476. The van der Waals surface area contributed by atoms with E-state index in [4.69, 9.17) is 4.74 Å². The van der Waals surface area contributed by atoms with Gasteiger partial charge in [0.15, 0.2) is 11.6 Å². The standard InChI is InChI=1S/C16H24FN3O2/c1-2-7-18-16(21)20-10-8-19(9-11-20)12-13-22-15-6-4-3-5-14(15)17/h3-6H,2,7-13H2,1H3,(H,18,21). The lowest BCUT2D eigenvalue weighted by Crippen LogP contribution is -2.52. The van der Waals surface area contributed by atoms with Crippen molar-refractivity contribution in [2.45, 2.75) is 13.3 Å². The van der Waals surface area contributed by atoms with Gasteiger partial charge in [0.2, 0.25) is 0 Å². The van der Waals surface area contributed by atoms with E-state index >= 15 is 0 Å². The smallest absolute Gasteiger partial charge is 0.317 e. The third-order valence-corrected chi connectivity index (χ3v) is 3.69. The molecule has 5 nitrogen and oxygen atoms in total. The van der Waals surface area contributed by atoms with Crippen molar-refractivity contribution in [3.8, 4) is 5.75 Å². The quantitative estimate of drug-likeness (QED) is 0.873. The number of nitrogens with one attached hydrogen (secondary N) is 1. The number of carbonyl (C=O) groups excluding carboxylic acids is 1. The fourth-order valence-corrected chi connectivity index (χ4v) is 2.36. The van der Waals surface area contributed by atoms with Gasteiger partial charge in [-0.05, 0) is 18.6 Å². The number of hydrogen-bond acceptors (Lipinski definition) is 3. The van der Waals surface area contributed by atoms with Crippen molar-refractivity contribution in [1.29, 1.82) is 0 Å². The molecule has 0 aliphatic carbocycles. The fourth-order valence-electron chi connectivity index (χ4n) is 2.36. The number of amides is 2. The number of urea groups is 1. The summed E-state index contributed by atoms with van der Waals surface area (Å²) in [6.45, 7) is 7.01. The molecule has 1 aromatic carbocycles. The summed E-state index contributed by atoms with van der Waals surface area (Å²) >= 11 is 0. The van der Waals surface area contributed by atoms with E-state index < -0.39 is 0 Å². The average Bonchev–Trinajstić information content (AvgIpc) is 2.55. The van der Waals surface area contributed by atoms with Crippen molar-refractivity contribution in [2.75, 3.05) is 45.9 Å². The lowest BCUT2D eigenvalue weighted by Gasteiger charge is -2.34. The van der Waals surface area contributed by atoms with Crippen LogP contribution in [-0.4, -0.2) is 61.7 Å². The molecule has 0 atom stereocenters. The predicted molar refractivity (Wildman–Crippen MR) is 83.6 cm³/mol. The molecule has 1 N–H and O–H groups in total. The number of halogens is 1. The van der Waals surface area contributed by atoms with Gasteiger partial charge in [-0.25, -0.2) is 9.18 Å². The zero-order valence-electron chi connectivity index (χ0n) is 13.1. The lowest BCUT2D eigenvalue weighted by atomic mass is 10.3. The van der Waals surface area contributed by atoms with Crippen LogP contribution in [0.1, 0.15) is 13.3 Å². The lowest BCUT2D eigenvalue weighted by molar-refractivity contribution is 0.125. The number of ether oxygens (including phenoxy) is 1. The first-order valence-corrected chi connectivity index (χ1v) is 7.83. The van der Waals surface area contributed by atoms with Crippen molar-refractivity contribution in [2.24, 2.45) is 0 Å². The van der Waals surface area contributed by atoms with Gasteiger partial charge in [-0.3, -0.25) is 4.90 Å². The summed E-state index contributed by atoms with van der Waals surface area (Å²) in [5, 5.41) is 2.89. The van der Waals surface area contributed by atoms with E-state index in [1.54, 1.807) is 18.2 Å². The van der Waals surface area contributed by atoms with Crippen LogP contribution in [0.4, 0.5) is 9.18 Å². The zero-order valence-corrected chi connectivity index (χ0v) is 13.1. The highest BCUT2D eigenvalue weighted by Crippen LogP contribution is 2.15. The van der Waals surface area contributed by atoms with Crippen molar-refractivity contribution in [3.63, 3.8) is 0 Å². The molecular formula is C16H24FN3O2. The first kappa shape index (κ1) is 16.5. The van der Waals surface area contributed by atoms with Crippen LogP contribution >= 0.6 is 0 Å². The summed E-state index contributed by atoms with van der Waals surface area (Å²) in [4.78, 5) is 15.9. The maximum Gasteiger partial charge on any atom is 0.317 e. The molecule has 122 valence electrons. The second-order valence-corrected chi connectivity index (χ2v) is 5.34. The molecule has 1 aliphatic heterocycles. The number of hydrogen-bond donors (Lipinski definition) is 1. The Morgan fingerprint density at radius 3 is 2.68 bits per heavy atom. The largest absolute Gasteiger partial charge is 0.489 e. The van der Waals surface area contributed by atoms with Crippen LogP contribution in [0.3, 0.4) is 0 Å². The van der Waals surface area contributed by atoms with Gasteiger partial charge in [-0.2, -0.15) is 0 Å². The Kier molecular flexibility index (Phi) is 6.45. The molecule has 0 aromatic heterocycles. The Morgan fingerprint density at radius 2 is 2.00 bits per heavy atom. The molecular weight excluding hydrogens is 285 g/mol. The summed E-state index contributed by atoms with van der Waals surface area (Å²) in [7, 11) is 0. The maximum atomic E-state index is 13.4. The number of carbonyl (C=O) groups is 1. The Hall–Kier alpha value is -1.82. The molecule has 1 heterocycles. The molecule has 0 radical (unpaired) electrons. The SMILES string of the molecule is CCCNC(=O)N1CCN(CCOc2ccccc2F)CC1. The van der Waals surface area contributed by atoms with Crippen LogP contribution in [0.25, 0.3) is 0 Å². The molecule has 1 aliphatic rings. The third kappa shape index (κ3) is 4.87. The van der Waals surface area contributed by atoms with Crippen LogP contribution in [0.15, 0.2) is 24.3 Å². The normalized spacial score (nSPS) is 15.6. The molecule has 1 fully saturated rings. The molecule has 0 saturated carbocycles. The molecule has 0 spiro atoms. The highest BCUT2D eigenvalue weighted by Gasteiger charge is 2.20. The second kappa shape index (κ2) is 8.58. The minimum absolute atomic E-state index is 0.0177. The molecule has 2 rings (SSSR count). The van der Waals surface area contributed by atoms with E-state index in [0.717, 1.165) is 45.7 Å². The van der Waals surface area contributed by atoms with E-state index in [2.05, 4.69) is 10.2 Å². The number of para-hydroxylation sites is 1. The summed E-state index contributed by atoms with van der Waals surface area (Å²) in [6.07, 6.45) is 0.944. The van der Waals surface area contributed by atoms with Crippen molar-refractivity contribution in [3.05, 3.63) is 30.1 Å². The van der Waals surface area contributed by atoms with E-state index in [1.807, 2.05) is 11.8 Å². The van der Waals surface area contributed by atoms with Gasteiger partial charge in [0.25, 0.3) is 0 Å². The monoisotopic (exact) mass is 309 g/mol. The van der Waals surface area contributed by atoms with Gasteiger partial charge >= 0.3 is 6.03 Å². The van der Waals surface area contributed by atoms with Gasteiger partial charge in [-0.15, -0.1) is 0 Å². The predicted octanol–water partition coefficient (Wildman–Crippen LogP) is 1.94. The fraction of sp³-hybridized carbons (Fsp3) is 0.562. The average molecular weight is 309 g/mol. The first-order valence-electron chi connectivity index (χ1n) is 7.83. The zero-order chi connectivity index (χ0) is 15.8.